The molecule has 0 aliphatic carbocycles. The lowest BCUT2D eigenvalue weighted by molar-refractivity contribution is -0.384. The minimum atomic E-state index is -1.11. The van der Waals surface area contributed by atoms with E-state index in [1.807, 2.05) is 0 Å². The fraction of sp³-hybridized carbons (Fsp3) is 0. The van der Waals surface area contributed by atoms with Gasteiger partial charge in [0.15, 0.2) is 0 Å². The lowest BCUT2D eigenvalue weighted by Gasteiger charge is -2.07. The zero-order chi connectivity index (χ0) is 14.7. The van der Waals surface area contributed by atoms with Crippen molar-refractivity contribution >= 4 is 35.0 Å². The standard InChI is InChI=1S/C13H8ClNO4S/c14-10-2-1-3-11(12(10)13(16)17)20-9-6-4-8(5-7-9)15(18)19/h1-7H,(H,16,17). The van der Waals surface area contributed by atoms with Crippen LogP contribution in [-0.4, -0.2) is 16.0 Å². The lowest BCUT2D eigenvalue weighted by atomic mass is 10.2. The second-order valence-electron chi connectivity index (χ2n) is 3.77. The number of nitro groups is 1. The molecule has 0 atom stereocenters. The van der Waals surface area contributed by atoms with Crippen molar-refractivity contribution in [3.8, 4) is 0 Å². The highest BCUT2D eigenvalue weighted by Gasteiger charge is 2.15. The Morgan fingerprint density at radius 2 is 1.85 bits per heavy atom. The van der Waals surface area contributed by atoms with E-state index in [1.165, 1.54) is 30.0 Å². The smallest absolute Gasteiger partial charge is 0.338 e. The first-order chi connectivity index (χ1) is 9.49. The molecule has 0 aromatic heterocycles. The summed E-state index contributed by atoms with van der Waals surface area (Å²) >= 11 is 7.06. The first-order valence-corrected chi connectivity index (χ1v) is 6.62. The number of aromatic carboxylic acids is 1. The van der Waals surface area contributed by atoms with Crippen molar-refractivity contribution in [3.63, 3.8) is 0 Å². The van der Waals surface area contributed by atoms with Gasteiger partial charge in [0.05, 0.1) is 15.5 Å². The molecule has 2 aromatic carbocycles. The molecule has 0 saturated carbocycles. The summed E-state index contributed by atoms with van der Waals surface area (Å²) in [5.41, 5.74) is 0.0106. The highest BCUT2D eigenvalue weighted by molar-refractivity contribution is 7.99. The van der Waals surface area contributed by atoms with E-state index in [9.17, 15) is 14.9 Å². The van der Waals surface area contributed by atoms with Crippen LogP contribution in [0.4, 0.5) is 5.69 Å². The summed E-state index contributed by atoms with van der Waals surface area (Å²) in [5, 5.41) is 19.9. The van der Waals surface area contributed by atoms with Crippen LogP contribution in [0.25, 0.3) is 0 Å². The van der Waals surface area contributed by atoms with Gasteiger partial charge in [-0.25, -0.2) is 4.79 Å². The van der Waals surface area contributed by atoms with E-state index in [0.717, 1.165) is 0 Å². The Hall–Kier alpha value is -2.05. The molecule has 2 aromatic rings. The Morgan fingerprint density at radius 3 is 2.40 bits per heavy atom. The van der Waals surface area contributed by atoms with E-state index < -0.39 is 10.9 Å². The van der Waals surface area contributed by atoms with Crippen molar-refractivity contribution in [3.05, 3.63) is 63.2 Å². The van der Waals surface area contributed by atoms with Gasteiger partial charge in [0.1, 0.15) is 0 Å². The zero-order valence-corrected chi connectivity index (χ0v) is 11.5. The summed E-state index contributed by atoms with van der Waals surface area (Å²) in [4.78, 5) is 22.4. The Kier molecular flexibility index (Phi) is 4.26. The second-order valence-corrected chi connectivity index (χ2v) is 5.29. The molecule has 0 spiro atoms. The van der Waals surface area contributed by atoms with Crippen LogP contribution >= 0.6 is 23.4 Å². The SMILES string of the molecule is O=C(O)c1c(Cl)cccc1Sc1ccc([N+](=O)[O-])cc1. The molecule has 7 heteroatoms. The number of non-ortho nitro benzene ring substituents is 1. The molecule has 20 heavy (non-hydrogen) atoms. The number of carbonyl (C=O) groups is 1. The van der Waals surface area contributed by atoms with Crippen molar-refractivity contribution < 1.29 is 14.8 Å². The zero-order valence-electron chi connectivity index (χ0n) is 9.95. The van der Waals surface area contributed by atoms with Crippen LogP contribution in [0.2, 0.25) is 5.02 Å². The predicted molar refractivity (Wildman–Crippen MR) is 75.6 cm³/mol. The maximum Gasteiger partial charge on any atom is 0.338 e. The maximum absolute atomic E-state index is 11.2. The van der Waals surface area contributed by atoms with E-state index in [0.29, 0.717) is 9.79 Å². The molecule has 0 bridgehead atoms. The van der Waals surface area contributed by atoms with E-state index in [1.54, 1.807) is 24.3 Å². The molecule has 102 valence electrons. The van der Waals surface area contributed by atoms with Crippen LogP contribution < -0.4 is 0 Å². The number of nitrogens with zero attached hydrogens (tertiary/aromatic N) is 1. The number of carboxylic acids is 1. The van der Waals surface area contributed by atoms with Crippen molar-refractivity contribution in [2.75, 3.05) is 0 Å². The normalized spacial score (nSPS) is 10.2. The number of hydrogen-bond donors (Lipinski definition) is 1. The van der Waals surface area contributed by atoms with Crippen molar-refractivity contribution in [1.29, 1.82) is 0 Å². The molecule has 0 aliphatic rings. The number of benzene rings is 2. The van der Waals surface area contributed by atoms with Gasteiger partial charge in [-0.05, 0) is 24.3 Å². The van der Waals surface area contributed by atoms with Gasteiger partial charge in [-0.1, -0.05) is 29.4 Å². The van der Waals surface area contributed by atoms with Crippen LogP contribution in [-0.2, 0) is 0 Å². The van der Waals surface area contributed by atoms with E-state index in [-0.39, 0.29) is 16.3 Å². The number of nitro benzene ring substituents is 1. The van der Waals surface area contributed by atoms with Gasteiger partial charge in [0, 0.05) is 21.9 Å². The molecular formula is C13H8ClNO4S. The van der Waals surface area contributed by atoms with Gasteiger partial charge in [0.2, 0.25) is 0 Å². The van der Waals surface area contributed by atoms with Crippen LogP contribution in [0.1, 0.15) is 10.4 Å². The predicted octanol–water partition coefficient (Wildman–Crippen LogP) is 4.10. The van der Waals surface area contributed by atoms with Crippen molar-refractivity contribution in [2.24, 2.45) is 0 Å². The minimum absolute atomic E-state index is 0.0149. The van der Waals surface area contributed by atoms with Gasteiger partial charge >= 0.3 is 5.97 Å². The largest absolute Gasteiger partial charge is 0.478 e. The third kappa shape index (κ3) is 3.09. The first-order valence-electron chi connectivity index (χ1n) is 5.43. The summed E-state index contributed by atoms with van der Waals surface area (Å²) in [6.07, 6.45) is 0. The number of carboxylic acid groups (broad SMARTS) is 1. The molecule has 0 fully saturated rings. The molecule has 0 amide bonds. The molecule has 2 rings (SSSR count). The Morgan fingerprint density at radius 1 is 1.20 bits per heavy atom. The van der Waals surface area contributed by atoms with Crippen LogP contribution in [0, 0.1) is 10.1 Å². The van der Waals surface area contributed by atoms with Crippen LogP contribution in [0.15, 0.2) is 52.3 Å². The average molecular weight is 310 g/mol. The fourth-order valence-corrected chi connectivity index (χ4v) is 2.84. The summed E-state index contributed by atoms with van der Waals surface area (Å²) in [6, 6.07) is 10.7. The first kappa shape index (κ1) is 14.4. The van der Waals surface area contributed by atoms with Gasteiger partial charge < -0.3 is 5.11 Å². The Labute approximate surface area is 123 Å². The van der Waals surface area contributed by atoms with Crippen molar-refractivity contribution in [2.45, 2.75) is 9.79 Å². The van der Waals surface area contributed by atoms with Gasteiger partial charge in [0.25, 0.3) is 5.69 Å². The number of hydrogen-bond acceptors (Lipinski definition) is 4. The molecule has 0 heterocycles. The molecule has 0 radical (unpaired) electrons. The van der Waals surface area contributed by atoms with Crippen LogP contribution in [0.5, 0.6) is 0 Å². The minimum Gasteiger partial charge on any atom is -0.478 e. The quantitative estimate of drug-likeness (QED) is 0.679. The summed E-state index contributed by atoms with van der Waals surface area (Å²) in [7, 11) is 0. The molecule has 0 aliphatic heterocycles. The molecule has 0 saturated heterocycles. The topological polar surface area (TPSA) is 80.4 Å². The molecule has 5 nitrogen and oxygen atoms in total. The summed E-state index contributed by atoms with van der Waals surface area (Å²) in [5.74, 6) is -1.11. The third-order valence-corrected chi connectivity index (χ3v) is 3.85. The molecule has 0 unspecified atom stereocenters. The maximum atomic E-state index is 11.2. The Balaban J connectivity index is 2.33. The lowest BCUT2D eigenvalue weighted by Crippen LogP contribution is -1.99. The Bertz CT molecular complexity index is 673. The second kappa shape index (κ2) is 5.94. The highest BCUT2D eigenvalue weighted by atomic mass is 35.5. The van der Waals surface area contributed by atoms with Crippen molar-refractivity contribution in [1.82, 2.24) is 0 Å². The number of halogens is 1. The van der Waals surface area contributed by atoms with E-state index in [4.69, 9.17) is 16.7 Å². The highest BCUT2D eigenvalue weighted by Crippen LogP contribution is 2.34. The fourth-order valence-electron chi connectivity index (χ4n) is 1.56. The average Bonchev–Trinajstić information content (AvgIpc) is 2.39. The monoisotopic (exact) mass is 309 g/mol. The third-order valence-electron chi connectivity index (χ3n) is 2.46. The number of rotatable bonds is 4. The summed E-state index contributed by atoms with van der Waals surface area (Å²) in [6.45, 7) is 0. The molecular weight excluding hydrogens is 302 g/mol. The summed E-state index contributed by atoms with van der Waals surface area (Å²) < 4.78 is 0. The molecule has 1 N–H and O–H groups in total. The van der Waals surface area contributed by atoms with E-state index >= 15 is 0 Å². The van der Waals surface area contributed by atoms with E-state index in [2.05, 4.69) is 0 Å². The van der Waals surface area contributed by atoms with Gasteiger partial charge in [-0.3, -0.25) is 10.1 Å². The van der Waals surface area contributed by atoms with Gasteiger partial charge in [-0.2, -0.15) is 0 Å². The van der Waals surface area contributed by atoms with Crippen LogP contribution in [0.3, 0.4) is 0 Å². The van der Waals surface area contributed by atoms with Gasteiger partial charge in [-0.15, -0.1) is 0 Å².